The fourth-order valence-corrected chi connectivity index (χ4v) is 1.94. The Hall–Kier alpha value is -1.75. The number of carboxylic acid groups (broad SMARTS) is 2. The van der Waals surface area contributed by atoms with E-state index in [1.807, 2.05) is 0 Å². The van der Waals surface area contributed by atoms with E-state index < -0.39 is 17.8 Å². The minimum atomic E-state index is -1.28. The number of hydrogen-bond donors (Lipinski definition) is 4. The largest absolute Gasteiger partial charge is 0.507 e. The summed E-state index contributed by atoms with van der Waals surface area (Å²) in [5, 5.41) is 37.2. The number of carboxylic acids is 2. The Bertz CT molecular complexity index is 872. The SMILES string of the molecule is O=C(O)CCNC(=O)c1ccc(N=Nc2ccc(O)c(C(=O)O)c2)cc1.[Na].[Na]. The van der Waals surface area contributed by atoms with Crippen molar-refractivity contribution in [2.75, 3.05) is 6.54 Å². The minimum Gasteiger partial charge on any atom is -0.507 e. The van der Waals surface area contributed by atoms with Gasteiger partial charge >= 0.3 is 11.9 Å². The maximum atomic E-state index is 11.8. The molecule has 0 aromatic heterocycles. The number of amides is 1. The fourth-order valence-electron chi connectivity index (χ4n) is 1.94. The average molecular weight is 403 g/mol. The Morgan fingerprint density at radius 3 is 2.04 bits per heavy atom. The predicted octanol–water partition coefficient (Wildman–Crippen LogP) is 1.95. The number of azo groups is 1. The second-order valence-electron chi connectivity index (χ2n) is 5.15. The number of carbonyl (C=O) groups is 3. The fraction of sp³-hybridized carbons (Fsp3) is 0.118. The smallest absolute Gasteiger partial charge is 0.339 e. The molecule has 0 heterocycles. The van der Waals surface area contributed by atoms with Gasteiger partial charge in [-0.25, -0.2) is 4.79 Å². The van der Waals surface area contributed by atoms with Crippen molar-refractivity contribution < 1.29 is 29.7 Å². The van der Waals surface area contributed by atoms with Crippen LogP contribution in [0.15, 0.2) is 52.7 Å². The molecule has 1 amide bonds. The number of carbonyl (C=O) groups excluding carboxylic acids is 1. The van der Waals surface area contributed by atoms with Crippen molar-refractivity contribution in [3.8, 4) is 5.75 Å². The molecule has 0 saturated carbocycles. The Kier molecular flexibility index (Phi) is 11.9. The Labute approximate surface area is 204 Å². The zero-order valence-corrected chi connectivity index (χ0v) is 19.4. The number of phenols is 1. The zero-order chi connectivity index (χ0) is 19.1. The van der Waals surface area contributed by atoms with Gasteiger partial charge in [0.2, 0.25) is 0 Å². The van der Waals surface area contributed by atoms with Crippen LogP contribution in [0.2, 0.25) is 0 Å². The van der Waals surface area contributed by atoms with Gasteiger partial charge < -0.3 is 20.6 Å². The predicted molar refractivity (Wildman–Crippen MR) is 102 cm³/mol. The van der Waals surface area contributed by atoms with Crippen molar-refractivity contribution in [1.29, 1.82) is 0 Å². The molecule has 4 N–H and O–H groups in total. The van der Waals surface area contributed by atoms with Crippen LogP contribution in [-0.2, 0) is 4.79 Å². The molecule has 0 bridgehead atoms. The van der Waals surface area contributed by atoms with Gasteiger partial charge in [0.1, 0.15) is 11.3 Å². The molecule has 0 atom stereocenters. The summed E-state index contributed by atoms with van der Waals surface area (Å²) >= 11 is 0. The van der Waals surface area contributed by atoms with E-state index in [9.17, 15) is 19.5 Å². The van der Waals surface area contributed by atoms with Crippen molar-refractivity contribution in [2.24, 2.45) is 10.2 Å². The number of aliphatic carboxylic acids is 1. The normalized spacial score (nSPS) is 9.86. The molecule has 2 rings (SSSR count). The van der Waals surface area contributed by atoms with Crippen molar-refractivity contribution in [1.82, 2.24) is 5.32 Å². The second kappa shape index (κ2) is 12.7. The van der Waals surface area contributed by atoms with Crippen LogP contribution < -0.4 is 5.32 Å². The first-order valence-electron chi connectivity index (χ1n) is 7.45. The summed E-state index contributed by atoms with van der Waals surface area (Å²) in [6.07, 6.45) is -0.164. The zero-order valence-electron chi connectivity index (χ0n) is 15.4. The van der Waals surface area contributed by atoms with Crippen LogP contribution in [0.1, 0.15) is 27.1 Å². The Morgan fingerprint density at radius 1 is 0.893 bits per heavy atom. The Morgan fingerprint density at radius 2 is 1.46 bits per heavy atom. The third-order valence-corrected chi connectivity index (χ3v) is 3.25. The molecule has 136 valence electrons. The van der Waals surface area contributed by atoms with Gasteiger partial charge in [-0.2, -0.15) is 10.2 Å². The molecule has 11 heteroatoms. The summed E-state index contributed by atoms with van der Waals surface area (Å²) in [5.41, 5.74) is 0.731. The molecule has 2 aromatic carbocycles. The molecule has 0 unspecified atom stereocenters. The molecule has 0 aliphatic heterocycles. The van der Waals surface area contributed by atoms with Crippen molar-refractivity contribution in [2.45, 2.75) is 6.42 Å². The van der Waals surface area contributed by atoms with E-state index in [0.29, 0.717) is 11.3 Å². The summed E-state index contributed by atoms with van der Waals surface area (Å²) < 4.78 is 0. The molecule has 0 fully saturated rings. The van der Waals surface area contributed by atoms with Gasteiger partial charge in [-0.05, 0) is 42.5 Å². The summed E-state index contributed by atoms with van der Waals surface area (Å²) in [4.78, 5) is 33.2. The standard InChI is InChI=1S/C17H15N3O6.2Na/c21-14-6-5-12(9-13(14)17(25)26)20-19-11-3-1-10(2-4-11)16(24)18-8-7-15(22)23;;/h1-6,9,21H,7-8H2,(H,18,24)(H,22,23)(H,25,26);;. The van der Waals surface area contributed by atoms with Crippen molar-refractivity contribution in [3.63, 3.8) is 0 Å². The second-order valence-corrected chi connectivity index (χ2v) is 5.15. The third-order valence-electron chi connectivity index (χ3n) is 3.25. The minimum absolute atomic E-state index is 0. The van der Waals surface area contributed by atoms with Crippen LogP contribution in [0, 0.1) is 0 Å². The van der Waals surface area contributed by atoms with E-state index in [4.69, 9.17) is 10.2 Å². The number of hydrogen-bond acceptors (Lipinski definition) is 6. The number of benzene rings is 2. The van der Waals surface area contributed by atoms with E-state index in [-0.39, 0.29) is 89.1 Å². The quantitative estimate of drug-likeness (QED) is 0.410. The van der Waals surface area contributed by atoms with Gasteiger partial charge in [-0.15, -0.1) is 0 Å². The maximum Gasteiger partial charge on any atom is 0.339 e. The van der Waals surface area contributed by atoms with Crippen molar-refractivity contribution >= 4 is 88.3 Å². The molecule has 28 heavy (non-hydrogen) atoms. The third kappa shape index (κ3) is 8.09. The molecule has 0 spiro atoms. The summed E-state index contributed by atoms with van der Waals surface area (Å²) in [6, 6.07) is 9.89. The summed E-state index contributed by atoms with van der Waals surface area (Å²) in [5.74, 6) is -3.05. The van der Waals surface area contributed by atoms with Crippen LogP contribution in [-0.4, -0.2) is 98.8 Å². The van der Waals surface area contributed by atoms with Crippen LogP contribution in [0.3, 0.4) is 0 Å². The average Bonchev–Trinajstić information content (AvgIpc) is 2.60. The van der Waals surface area contributed by atoms with Gasteiger partial charge in [-0.1, -0.05) is 0 Å². The van der Waals surface area contributed by atoms with E-state index in [0.717, 1.165) is 0 Å². The van der Waals surface area contributed by atoms with Crippen LogP contribution >= 0.6 is 0 Å². The number of aromatic carboxylic acids is 1. The van der Waals surface area contributed by atoms with E-state index in [2.05, 4.69) is 15.5 Å². The number of nitrogens with one attached hydrogen (secondary N) is 1. The summed E-state index contributed by atoms with van der Waals surface area (Å²) in [6.45, 7) is 0.0301. The monoisotopic (exact) mass is 403 g/mol. The Balaban J connectivity index is 0.00000364. The van der Waals surface area contributed by atoms with Crippen LogP contribution in [0.5, 0.6) is 5.75 Å². The van der Waals surface area contributed by atoms with Gasteiger partial charge in [0.05, 0.1) is 17.8 Å². The number of nitrogens with zero attached hydrogens (tertiary/aromatic N) is 2. The number of aromatic hydroxyl groups is 1. The summed E-state index contributed by atoms with van der Waals surface area (Å²) in [7, 11) is 0. The molecule has 0 aliphatic rings. The first-order chi connectivity index (χ1) is 12.4. The van der Waals surface area contributed by atoms with E-state index >= 15 is 0 Å². The maximum absolute atomic E-state index is 11.8. The van der Waals surface area contributed by atoms with Gasteiger partial charge in [0.25, 0.3) is 5.91 Å². The van der Waals surface area contributed by atoms with Gasteiger partial charge in [-0.3, -0.25) is 9.59 Å². The topological polar surface area (TPSA) is 149 Å². The van der Waals surface area contributed by atoms with Crippen LogP contribution in [0.25, 0.3) is 0 Å². The van der Waals surface area contributed by atoms with E-state index in [1.165, 1.54) is 42.5 Å². The molecule has 0 aliphatic carbocycles. The first kappa shape index (κ1) is 26.2. The first-order valence-corrected chi connectivity index (χ1v) is 7.45. The molecule has 0 saturated heterocycles. The van der Waals surface area contributed by atoms with E-state index in [1.54, 1.807) is 0 Å². The van der Waals surface area contributed by atoms with Crippen molar-refractivity contribution in [3.05, 3.63) is 53.6 Å². The molecule has 2 aromatic rings. The number of rotatable bonds is 7. The molecular formula is C17H15N3Na2O6. The van der Waals surface area contributed by atoms with Gasteiger partial charge in [0, 0.05) is 71.2 Å². The molecule has 2 radical (unpaired) electrons. The van der Waals surface area contributed by atoms with Gasteiger partial charge in [0.15, 0.2) is 0 Å². The molecular weight excluding hydrogens is 388 g/mol. The molecule has 9 nitrogen and oxygen atoms in total. The van der Waals surface area contributed by atoms with Crippen LogP contribution in [0.4, 0.5) is 11.4 Å².